The molecule has 0 saturated heterocycles. The minimum Gasteiger partial charge on any atom is -0.455 e. The number of para-hydroxylation sites is 1. The Morgan fingerprint density at radius 1 is 0.870 bits per heavy atom. The second-order valence-corrected chi connectivity index (χ2v) is 7.21. The number of rotatable bonds is 0. The maximum atomic E-state index is 6.25. The second-order valence-electron chi connectivity index (χ2n) is 6.78. The van der Waals surface area contributed by atoms with Crippen LogP contribution in [0.25, 0.3) is 33.1 Å². The molecule has 1 nitrogen and oxygen atoms in total. The Bertz CT molecular complexity index is 1100. The molecule has 5 rings (SSSR count). The zero-order valence-corrected chi connectivity index (χ0v) is 13.7. The Labute approximate surface area is 139 Å². The number of fused-ring (bicyclic) bond motifs is 7. The first-order chi connectivity index (χ1) is 11.1. The Morgan fingerprint density at radius 2 is 1.70 bits per heavy atom. The van der Waals surface area contributed by atoms with Crippen LogP contribution in [0.1, 0.15) is 25.0 Å². The molecule has 1 aromatic heterocycles. The van der Waals surface area contributed by atoms with E-state index in [2.05, 4.69) is 50.2 Å². The fraction of sp³-hybridized carbons (Fsp3) is 0.143. The fourth-order valence-electron chi connectivity index (χ4n) is 3.97. The van der Waals surface area contributed by atoms with Gasteiger partial charge in [-0.1, -0.05) is 61.8 Å². The lowest BCUT2D eigenvalue weighted by molar-refractivity contribution is 0.653. The van der Waals surface area contributed by atoms with Gasteiger partial charge in [0.1, 0.15) is 11.2 Å². The van der Waals surface area contributed by atoms with E-state index >= 15 is 0 Å². The lowest BCUT2D eigenvalue weighted by atomic mass is 9.82. The van der Waals surface area contributed by atoms with E-state index in [1.807, 2.05) is 18.2 Å². The first-order valence-electron chi connectivity index (χ1n) is 7.82. The molecule has 0 atom stereocenters. The maximum Gasteiger partial charge on any atom is 0.143 e. The summed E-state index contributed by atoms with van der Waals surface area (Å²) in [5.74, 6) is 0. The highest BCUT2D eigenvalue weighted by molar-refractivity contribution is 6.30. The SMILES string of the molecule is CC1(C)c2cc(Cl)ccc2-c2c1ccc1c2oc2ccccc21. The Hall–Kier alpha value is -2.25. The molecule has 0 bridgehead atoms. The van der Waals surface area contributed by atoms with Gasteiger partial charge >= 0.3 is 0 Å². The summed E-state index contributed by atoms with van der Waals surface area (Å²) in [7, 11) is 0. The van der Waals surface area contributed by atoms with E-state index in [-0.39, 0.29) is 5.41 Å². The Morgan fingerprint density at radius 3 is 2.57 bits per heavy atom. The maximum absolute atomic E-state index is 6.25. The Balaban J connectivity index is 1.99. The van der Waals surface area contributed by atoms with Crippen LogP contribution in [0.4, 0.5) is 0 Å². The van der Waals surface area contributed by atoms with Gasteiger partial charge in [0.05, 0.1) is 0 Å². The molecule has 0 unspecified atom stereocenters. The third-order valence-corrected chi connectivity index (χ3v) is 5.38. The number of furan rings is 1. The van der Waals surface area contributed by atoms with Crippen molar-refractivity contribution in [1.82, 2.24) is 0 Å². The van der Waals surface area contributed by atoms with Crippen LogP contribution in [-0.2, 0) is 5.41 Å². The summed E-state index contributed by atoms with van der Waals surface area (Å²) >= 11 is 6.25. The topological polar surface area (TPSA) is 13.1 Å². The van der Waals surface area contributed by atoms with E-state index in [0.717, 1.165) is 16.2 Å². The van der Waals surface area contributed by atoms with E-state index in [1.54, 1.807) is 0 Å². The van der Waals surface area contributed by atoms with Crippen LogP contribution in [0.3, 0.4) is 0 Å². The van der Waals surface area contributed by atoms with Crippen LogP contribution >= 0.6 is 11.6 Å². The van der Waals surface area contributed by atoms with Gasteiger partial charge in [-0.25, -0.2) is 0 Å². The third-order valence-electron chi connectivity index (χ3n) is 5.14. The molecule has 1 heterocycles. The van der Waals surface area contributed by atoms with Gasteiger partial charge in [-0.15, -0.1) is 0 Å². The van der Waals surface area contributed by atoms with Crippen molar-refractivity contribution in [1.29, 1.82) is 0 Å². The minimum absolute atomic E-state index is 0.0667. The second kappa shape index (κ2) is 4.18. The van der Waals surface area contributed by atoms with Crippen molar-refractivity contribution >= 4 is 33.5 Å². The van der Waals surface area contributed by atoms with Gasteiger partial charge < -0.3 is 4.42 Å². The van der Waals surface area contributed by atoms with E-state index in [1.165, 1.54) is 33.0 Å². The van der Waals surface area contributed by atoms with Crippen molar-refractivity contribution < 1.29 is 4.42 Å². The van der Waals surface area contributed by atoms with Crippen LogP contribution in [0, 0.1) is 0 Å². The molecule has 0 radical (unpaired) electrons. The quantitative estimate of drug-likeness (QED) is 0.358. The predicted octanol–water partition coefficient (Wildman–Crippen LogP) is 6.55. The van der Waals surface area contributed by atoms with Gasteiger partial charge in [0.15, 0.2) is 0 Å². The van der Waals surface area contributed by atoms with Crippen LogP contribution in [0.5, 0.6) is 0 Å². The summed E-state index contributed by atoms with van der Waals surface area (Å²) in [5.41, 5.74) is 6.89. The number of hydrogen-bond donors (Lipinski definition) is 0. The third kappa shape index (κ3) is 1.58. The van der Waals surface area contributed by atoms with Crippen molar-refractivity contribution in [3.8, 4) is 11.1 Å². The first kappa shape index (κ1) is 13.2. The number of hydrogen-bond acceptors (Lipinski definition) is 1. The molecule has 3 aromatic carbocycles. The molecule has 4 aromatic rings. The van der Waals surface area contributed by atoms with Crippen molar-refractivity contribution in [3.63, 3.8) is 0 Å². The summed E-state index contributed by atoms with van der Waals surface area (Å²) in [6.45, 7) is 4.50. The summed E-state index contributed by atoms with van der Waals surface area (Å²) in [5, 5.41) is 3.13. The average molecular weight is 319 g/mol. The highest BCUT2D eigenvalue weighted by Gasteiger charge is 2.37. The fourth-order valence-corrected chi connectivity index (χ4v) is 4.15. The van der Waals surface area contributed by atoms with Crippen LogP contribution in [0.2, 0.25) is 5.02 Å². The molecule has 0 spiro atoms. The molecule has 1 aliphatic rings. The highest BCUT2D eigenvalue weighted by atomic mass is 35.5. The summed E-state index contributed by atoms with van der Waals surface area (Å²) in [6.07, 6.45) is 0. The summed E-state index contributed by atoms with van der Waals surface area (Å²) in [4.78, 5) is 0. The molecule has 2 heteroatoms. The molecule has 0 aliphatic heterocycles. The molecule has 0 amide bonds. The largest absolute Gasteiger partial charge is 0.455 e. The van der Waals surface area contributed by atoms with Crippen molar-refractivity contribution in [2.24, 2.45) is 0 Å². The van der Waals surface area contributed by atoms with Crippen LogP contribution < -0.4 is 0 Å². The van der Waals surface area contributed by atoms with Crippen molar-refractivity contribution in [2.75, 3.05) is 0 Å². The van der Waals surface area contributed by atoms with E-state index < -0.39 is 0 Å². The Kier molecular flexibility index (Phi) is 2.40. The smallest absolute Gasteiger partial charge is 0.143 e. The first-order valence-corrected chi connectivity index (χ1v) is 8.20. The molecular formula is C21H15ClO. The van der Waals surface area contributed by atoms with Gasteiger partial charge in [0, 0.05) is 26.8 Å². The molecule has 0 fully saturated rings. The van der Waals surface area contributed by atoms with Gasteiger partial charge in [-0.2, -0.15) is 0 Å². The van der Waals surface area contributed by atoms with E-state index in [0.29, 0.717) is 0 Å². The molecule has 1 aliphatic carbocycles. The van der Waals surface area contributed by atoms with Gasteiger partial charge in [0.2, 0.25) is 0 Å². The zero-order valence-electron chi connectivity index (χ0n) is 13.0. The standard InChI is InChI=1S/C21H15ClO/c1-21(2)16-10-9-14-13-5-3-4-6-18(13)23-20(14)19(16)15-8-7-12(22)11-17(15)21/h3-11H,1-2H3. The lowest BCUT2D eigenvalue weighted by Gasteiger charge is -2.21. The normalized spacial score (nSPS) is 15.1. The number of halogens is 1. The molecule has 0 saturated carbocycles. The monoisotopic (exact) mass is 318 g/mol. The average Bonchev–Trinajstić information content (AvgIpc) is 3.02. The summed E-state index contributed by atoms with van der Waals surface area (Å²) in [6, 6.07) is 18.8. The predicted molar refractivity (Wildman–Crippen MR) is 96.3 cm³/mol. The van der Waals surface area contributed by atoms with Gasteiger partial charge in [-0.05, 0) is 34.9 Å². The molecular weight excluding hydrogens is 304 g/mol. The van der Waals surface area contributed by atoms with Crippen molar-refractivity contribution in [3.05, 3.63) is 70.7 Å². The lowest BCUT2D eigenvalue weighted by Crippen LogP contribution is -2.14. The van der Waals surface area contributed by atoms with Crippen molar-refractivity contribution in [2.45, 2.75) is 19.3 Å². The van der Waals surface area contributed by atoms with Crippen LogP contribution in [0.15, 0.2) is 59.0 Å². The highest BCUT2D eigenvalue weighted by Crippen LogP contribution is 2.52. The van der Waals surface area contributed by atoms with E-state index in [4.69, 9.17) is 16.0 Å². The molecule has 0 N–H and O–H groups in total. The molecule has 23 heavy (non-hydrogen) atoms. The van der Waals surface area contributed by atoms with Crippen LogP contribution in [-0.4, -0.2) is 0 Å². The van der Waals surface area contributed by atoms with Gasteiger partial charge in [0.25, 0.3) is 0 Å². The summed E-state index contributed by atoms with van der Waals surface area (Å²) < 4.78 is 6.24. The number of benzene rings is 3. The minimum atomic E-state index is -0.0667. The van der Waals surface area contributed by atoms with E-state index in [9.17, 15) is 0 Å². The van der Waals surface area contributed by atoms with Gasteiger partial charge in [-0.3, -0.25) is 0 Å². The molecule has 112 valence electrons. The zero-order chi connectivity index (χ0) is 15.8.